The van der Waals surface area contributed by atoms with Gasteiger partial charge < -0.3 is 20.1 Å². The number of hydrogen-bond donors (Lipinski definition) is 3. The molecule has 33 heavy (non-hydrogen) atoms. The Kier molecular flexibility index (Phi) is 7.36. The van der Waals surface area contributed by atoms with Crippen LogP contribution in [0, 0.1) is 5.41 Å². The first-order chi connectivity index (χ1) is 15.6. The number of aliphatic carboxylic acids is 1. The number of amides is 1. The van der Waals surface area contributed by atoms with E-state index in [4.69, 9.17) is 0 Å². The summed E-state index contributed by atoms with van der Waals surface area (Å²) < 4.78 is 2.05. The fraction of sp³-hybridized carbons (Fsp3) is 0.440. The van der Waals surface area contributed by atoms with Crippen molar-refractivity contribution >= 4 is 34.8 Å². The fourth-order valence-corrected chi connectivity index (χ4v) is 4.47. The largest absolute Gasteiger partial charge is 0.511 e. The number of carboxylic acids is 1. The minimum atomic E-state index is -1.09. The van der Waals surface area contributed by atoms with Gasteiger partial charge in [-0.2, -0.15) is 0 Å². The van der Waals surface area contributed by atoms with Crippen molar-refractivity contribution in [2.75, 3.05) is 6.54 Å². The van der Waals surface area contributed by atoms with E-state index in [1.54, 1.807) is 6.92 Å². The summed E-state index contributed by atoms with van der Waals surface area (Å²) in [5.41, 5.74) is 1.88. The van der Waals surface area contributed by atoms with E-state index < -0.39 is 12.0 Å². The molecule has 2 aromatic rings. The summed E-state index contributed by atoms with van der Waals surface area (Å²) in [5.74, 6) is -1.33. The maximum absolute atomic E-state index is 12.6. The Labute approximate surface area is 193 Å². The van der Waals surface area contributed by atoms with Gasteiger partial charge in [0, 0.05) is 55.2 Å². The Morgan fingerprint density at radius 1 is 1.30 bits per heavy atom. The molecule has 1 unspecified atom stereocenters. The second-order valence-corrected chi connectivity index (χ2v) is 9.33. The molecule has 0 spiro atoms. The highest BCUT2D eigenvalue weighted by molar-refractivity contribution is 6.22. The van der Waals surface area contributed by atoms with Crippen molar-refractivity contribution in [2.24, 2.45) is 10.4 Å². The number of carbonyl (C=O) groups is 3. The number of fused-ring (bicyclic) bond motifs is 1. The molecule has 0 saturated heterocycles. The highest BCUT2D eigenvalue weighted by Crippen LogP contribution is 2.36. The van der Waals surface area contributed by atoms with Crippen LogP contribution in [0.4, 0.5) is 0 Å². The molecular weight excluding hydrogens is 422 g/mol. The number of rotatable bonds is 10. The summed E-state index contributed by atoms with van der Waals surface area (Å²) in [7, 11) is 0. The molecular formula is C25H31N3O5. The summed E-state index contributed by atoms with van der Waals surface area (Å²) in [6.45, 7) is 6.63. The fourth-order valence-electron chi connectivity index (χ4n) is 4.47. The molecule has 3 rings (SSSR count). The third-order valence-corrected chi connectivity index (χ3v) is 5.94. The summed E-state index contributed by atoms with van der Waals surface area (Å²) in [6.07, 6.45) is 4.12. The van der Waals surface area contributed by atoms with Crippen molar-refractivity contribution in [1.82, 2.24) is 9.88 Å². The van der Waals surface area contributed by atoms with E-state index in [2.05, 4.69) is 10.3 Å². The number of carbonyl (C=O) groups excluding carboxylic acids is 2. The second-order valence-electron chi connectivity index (χ2n) is 9.33. The van der Waals surface area contributed by atoms with Crippen LogP contribution in [-0.2, 0) is 27.3 Å². The third kappa shape index (κ3) is 5.69. The van der Waals surface area contributed by atoms with Crippen LogP contribution in [0.3, 0.4) is 0 Å². The number of para-hydroxylation sites is 1. The van der Waals surface area contributed by atoms with Gasteiger partial charge in [0.25, 0.3) is 0 Å². The number of allylic oxidation sites excluding steroid dienone is 2. The number of nitrogens with one attached hydrogen (secondary N) is 1. The number of nitrogens with zero attached hydrogens (tertiary/aromatic N) is 2. The maximum atomic E-state index is 12.6. The highest BCUT2D eigenvalue weighted by Gasteiger charge is 2.34. The normalized spacial score (nSPS) is 17.3. The molecule has 8 nitrogen and oxygen atoms in total. The molecule has 1 aliphatic rings. The van der Waals surface area contributed by atoms with Gasteiger partial charge in [0.15, 0.2) is 11.8 Å². The lowest BCUT2D eigenvalue weighted by atomic mass is 9.75. The third-order valence-electron chi connectivity index (χ3n) is 5.94. The average Bonchev–Trinajstić information content (AvgIpc) is 3.07. The van der Waals surface area contributed by atoms with Gasteiger partial charge in [-0.1, -0.05) is 32.0 Å². The van der Waals surface area contributed by atoms with Crippen LogP contribution in [0.1, 0.15) is 45.6 Å². The predicted molar refractivity (Wildman–Crippen MR) is 127 cm³/mol. The SMILES string of the molecule is CC(=NC(Cc1cn(CCCNC=O)c2ccccc12)C(=O)O)C1=C(O)CC(C)(C)CC1=O. The van der Waals surface area contributed by atoms with Crippen molar-refractivity contribution in [1.29, 1.82) is 0 Å². The zero-order valence-electron chi connectivity index (χ0n) is 19.3. The molecule has 1 aromatic carbocycles. The van der Waals surface area contributed by atoms with Gasteiger partial charge in [-0.15, -0.1) is 0 Å². The van der Waals surface area contributed by atoms with E-state index in [1.165, 1.54) is 0 Å². The van der Waals surface area contributed by atoms with Gasteiger partial charge in [-0.25, -0.2) is 4.79 Å². The molecule has 1 heterocycles. The molecule has 1 aromatic heterocycles. The summed E-state index contributed by atoms with van der Waals surface area (Å²) >= 11 is 0. The van der Waals surface area contributed by atoms with Gasteiger partial charge in [0.05, 0.1) is 5.57 Å². The predicted octanol–water partition coefficient (Wildman–Crippen LogP) is 3.44. The number of ketones is 1. The van der Waals surface area contributed by atoms with E-state index in [9.17, 15) is 24.6 Å². The number of aliphatic hydroxyl groups is 1. The smallest absolute Gasteiger partial charge is 0.328 e. The first-order valence-corrected chi connectivity index (χ1v) is 11.1. The van der Waals surface area contributed by atoms with Crippen molar-refractivity contribution < 1.29 is 24.6 Å². The van der Waals surface area contributed by atoms with Gasteiger partial charge in [0.2, 0.25) is 6.41 Å². The lowest BCUT2D eigenvalue weighted by Gasteiger charge is -2.29. The van der Waals surface area contributed by atoms with Crippen molar-refractivity contribution in [3.63, 3.8) is 0 Å². The van der Waals surface area contributed by atoms with Crippen LogP contribution >= 0.6 is 0 Å². The second kappa shape index (κ2) is 10.0. The van der Waals surface area contributed by atoms with Crippen LogP contribution < -0.4 is 5.32 Å². The Morgan fingerprint density at radius 2 is 2.03 bits per heavy atom. The lowest BCUT2D eigenvalue weighted by molar-refractivity contribution is -0.138. The van der Waals surface area contributed by atoms with Gasteiger partial charge in [-0.3, -0.25) is 14.6 Å². The summed E-state index contributed by atoms with van der Waals surface area (Å²) in [4.78, 5) is 39.5. The molecule has 0 radical (unpaired) electrons. The molecule has 0 bridgehead atoms. The molecule has 0 fully saturated rings. The van der Waals surface area contributed by atoms with Crippen molar-refractivity contribution in [2.45, 2.75) is 59.0 Å². The number of carboxylic acid groups (broad SMARTS) is 1. The molecule has 0 aliphatic heterocycles. The number of aryl methyl sites for hydroxylation is 1. The van der Waals surface area contributed by atoms with E-state index in [0.717, 1.165) is 22.9 Å². The topological polar surface area (TPSA) is 121 Å². The van der Waals surface area contributed by atoms with E-state index in [1.807, 2.05) is 48.9 Å². The maximum Gasteiger partial charge on any atom is 0.328 e. The molecule has 8 heteroatoms. The standard InChI is InChI=1S/C25H31N3O5/c1-16(23-21(30)12-25(2,3)13-22(23)31)27-19(24(32)33)11-17-14-28(10-6-9-26-15-29)20-8-5-4-7-18(17)20/h4-5,7-8,14-15,19,30H,6,9-13H2,1-3H3,(H,26,29)(H,32,33). The molecule has 0 saturated carbocycles. The number of hydrogen-bond acceptors (Lipinski definition) is 5. The molecule has 3 N–H and O–H groups in total. The van der Waals surface area contributed by atoms with Gasteiger partial charge >= 0.3 is 5.97 Å². The quantitative estimate of drug-likeness (QED) is 0.289. The van der Waals surface area contributed by atoms with Crippen molar-refractivity contribution in [3.8, 4) is 0 Å². The van der Waals surface area contributed by atoms with E-state index in [0.29, 0.717) is 25.9 Å². The Morgan fingerprint density at radius 3 is 2.70 bits per heavy atom. The van der Waals surface area contributed by atoms with Crippen LogP contribution in [0.2, 0.25) is 0 Å². The first kappa shape index (κ1) is 24.2. The van der Waals surface area contributed by atoms with Gasteiger partial charge in [-0.05, 0) is 30.4 Å². The number of aliphatic hydroxyl groups excluding tert-OH is 1. The summed E-state index contributed by atoms with van der Waals surface area (Å²) in [6, 6.07) is 6.65. The number of benzene rings is 1. The molecule has 1 atom stereocenters. The minimum absolute atomic E-state index is 0.0258. The van der Waals surface area contributed by atoms with Crippen LogP contribution in [-0.4, -0.2) is 51.2 Å². The Balaban J connectivity index is 1.89. The number of Topliss-reactive ketones (excluding diaryl/α,β-unsaturated/α-hetero) is 1. The monoisotopic (exact) mass is 453 g/mol. The summed E-state index contributed by atoms with van der Waals surface area (Å²) in [5, 5.41) is 23.9. The van der Waals surface area contributed by atoms with Crippen LogP contribution in [0.5, 0.6) is 0 Å². The molecule has 176 valence electrons. The lowest BCUT2D eigenvalue weighted by Crippen LogP contribution is -2.30. The number of aromatic nitrogens is 1. The van der Waals surface area contributed by atoms with Crippen LogP contribution in [0.15, 0.2) is 46.8 Å². The minimum Gasteiger partial charge on any atom is -0.511 e. The molecule has 1 aliphatic carbocycles. The zero-order valence-corrected chi connectivity index (χ0v) is 19.3. The Bertz CT molecular complexity index is 1130. The first-order valence-electron chi connectivity index (χ1n) is 11.1. The van der Waals surface area contributed by atoms with Crippen molar-refractivity contribution in [3.05, 3.63) is 47.4 Å². The Hall–Kier alpha value is -3.42. The number of aliphatic imine (C=N–C) groups is 1. The average molecular weight is 454 g/mol. The highest BCUT2D eigenvalue weighted by atomic mass is 16.4. The van der Waals surface area contributed by atoms with Crippen LogP contribution in [0.25, 0.3) is 10.9 Å². The van der Waals surface area contributed by atoms with E-state index >= 15 is 0 Å². The van der Waals surface area contributed by atoms with Gasteiger partial charge in [0.1, 0.15) is 5.76 Å². The zero-order chi connectivity index (χ0) is 24.2. The molecule has 1 amide bonds. The van der Waals surface area contributed by atoms with E-state index in [-0.39, 0.29) is 41.1 Å².